The third kappa shape index (κ3) is 4.51. The predicted molar refractivity (Wildman–Crippen MR) is 79.6 cm³/mol. The van der Waals surface area contributed by atoms with Crippen LogP contribution < -0.4 is 5.32 Å². The van der Waals surface area contributed by atoms with Crippen molar-refractivity contribution in [2.45, 2.75) is 19.5 Å². The summed E-state index contributed by atoms with van der Waals surface area (Å²) in [5.41, 5.74) is -0.178. The van der Waals surface area contributed by atoms with Gasteiger partial charge >= 0.3 is 12.1 Å². The number of anilines is 1. The zero-order valence-electron chi connectivity index (χ0n) is 12.4. The second-order valence-electron chi connectivity index (χ2n) is 4.60. The summed E-state index contributed by atoms with van der Waals surface area (Å²) in [5.74, 6) is -1.39. The normalized spacial score (nSPS) is 11.2. The van der Waals surface area contributed by atoms with Crippen LogP contribution in [0.5, 0.6) is 0 Å². The lowest BCUT2D eigenvalue weighted by atomic mass is 10.2. The minimum Gasteiger partial charge on any atom is -0.451 e. The number of alkyl halides is 3. The van der Waals surface area contributed by atoms with E-state index in [1.165, 1.54) is 0 Å². The second-order valence-corrected chi connectivity index (χ2v) is 5.36. The van der Waals surface area contributed by atoms with Gasteiger partial charge in [-0.25, -0.2) is 4.79 Å². The number of benzene rings is 1. The number of nitrogens with zero attached hydrogens (tertiary/aromatic N) is 2. The monoisotopic (exact) mass is 359 g/mol. The Morgan fingerprint density at radius 3 is 2.50 bits per heavy atom. The van der Waals surface area contributed by atoms with Crippen molar-refractivity contribution in [3.05, 3.63) is 40.4 Å². The molecular weight excluding hydrogens is 347 g/mol. The van der Waals surface area contributed by atoms with Gasteiger partial charge in [0.1, 0.15) is 0 Å². The zero-order valence-corrected chi connectivity index (χ0v) is 13.2. The molecule has 0 bridgehead atoms. The van der Waals surface area contributed by atoms with Crippen LogP contribution in [0.2, 0.25) is 0 Å². The van der Waals surface area contributed by atoms with Crippen molar-refractivity contribution < 1.29 is 27.5 Å². The van der Waals surface area contributed by atoms with E-state index in [2.05, 4.69) is 14.9 Å². The van der Waals surface area contributed by atoms with Crippen molar-refractivity contribution in [2.24, 2.45) is 0 Å². The molecule has 0 aliphatic heterocycles. The van der Waals surface area contributed by atoms with E-state index in [4.69, 9.17) is 4.74 Å². The number of aromatic nitrogens is 2. The quantitative estimate of drug-likeness (QED) is 0.830. The van der Waals surface area contributed by atoms with E-state index in [1.54, 1.807) is 6.92 Å². The average molecular weight is 359 g/mol. The summed E-state index contributed by atoms with van der Waals surface area (Å²) in [6.07, 6.45) is -3.95. The van der Waals surface area contributed by atoms with Crippen LogP contribution >= 0.6 is 11.5 Å². The molecule has 2 aromatic rings. The topological polar surface area (TPSA) is 81.2 Å². The Morgan fingerprint density at radius 2 is 1.92 bits per heavy atom. The molecule has 0 atom stereocenters. The number of hydrogen-bond donors (Lipinski definition) is 1. The Morgan fingerprint density at radius 1 is 1.25 bits per heavy atom. The largest absolute Gasteiger partial charge is 0.451 e. The van der Waals surface area contributed by atoms with Crippen LogP contribution in [0, 0.1) is 0 Å². The number of amides is 1. The molecule has 24 heavy (non-hydrogen) atoms. The summed E-state index contributed by atoms with van der Waals surface area (Å²) in [7, 11) is 0. The molecule has 2 rings (SSSR count). The number of ether oxygens (including phenoxy) is 1. The maximum absolute atomic E-state index is 12.4. The molecule has 1 aromatic heterocycles. The van der Waals surface area contributed by atoms with Gasteiger partial charge in [-0.15, -0.1) is 5.10 Å². The first-order valence-electron chi connectivity index (χ1n) is 6.76. The van der Waals surface area contributed by atoms with Crippen LogP contribution in [0.1, 0.15) is 27.9 Å². The highest BCUT2D eigenvalue weighted by Crippen LogP contribution is 2.29. The number of carbonyl (C=O) groups is 2. The summed E-state index contributed by atoms with van der Waals surface area (Å²) in [6, 6.07) is 3.92. The molecule has 0 fully saturated rings. The van der Waals surface area contributed by atoms with Crippen LogP contribution in [0.25, 0.3) is 0 Å². The second kappa shape index (κ2) is 7.39. The lowest BCUT2D eigenvalue weighted by molar-refractivity contribution is -0.137. The van der Waals surface area contributed by atoms with Crippen LogP contribution in [-0.4, -0.2) is 28.1 Å². The van der Waals surface area contributed by atoms with E-state index in [0.29, 0.717) is 12.1 Å². The third-order valence-electron chi connectivity index (χ3n) is 2.91. The van der Waals surface area contributed by atoms with E-state index in [1.807, 2.05) is 0 Å². The van der Waals surface area contributed by atoms with Gasteiger partial charge in [0.15, 0.2) is 11.5 Å². The number of esters is 1. The molecule has 128 valence electrons. The molecule has 0 spiro atoms. The SMILES string of the molecule is CCc1nnsc1C(=O)OCC(=O)Nc1ccc(C(F)(F)F)cc1. The fourth-order valence-corrected chi connectivity index (χ4v) is 2.38. The van der Waals surface area contributed by atoms with E-state index in [9.17, 15) is 22.8 Å². The summed E-state index contributed by atoms with van der Waals surface area (Å²) in [4.78, 5) is 23.7. The van der Waals surface area contributed by atoms with Crippen LogP contribution in [0.15, 0.2) is 24.3 Å². The number of aryl methyl sites for hydroxylation is 1. The number of carbonyl (C=O) groups excluding carboxylic acids is 2. The summed E-state index contributed by atoms with van der Waals surface area (Å²) in [6.45, 7) is 1.23. The van der Waals surface area contributed by atoms with Gasteiger partial charge < -0.3 is 10.1 Å². The lowest BCUT2D eigenvalue weighted by Crippen LogP contribution is -2.21. The number of halogens is 3. The Labute approximate surface area is 138 Å². The van der Waals surface area contributed by atoms with Gasteiger partial charge in [0.25, 0.3) is 5.91 Å². The molecule has 0 aliphatic rings. The first-order valence-corrected chi connectivity index (χ1v) is 7.54. The smallest absolute Gasteiger partial charge is 0.416 e. The minimum absolute atomic E-state index is 0.165. The standard InChI is InChI=1S/C14H12F3N3O3S/c1-2-10-12(24-20-19-10)13(22)23-7-11(21)18-9-5-3-8(4-6-9)14(15,16)17/h3-6H,2,7H2,1H3,(H,18,21). The van der Waals surface area contributed by atoms with Gasteiger partial charge in [-0.05, 0) is 42.2 Å². The molecule has 0 saturated carbocycles. The van der Waals surface area contributed by atoms with Crippen LogP contribution in [0.4, 0.5) is 18.9 Å². The summed E-state index contributed by atoms with van der Waals surface area (Å²) >= 11 is 0.868. The van der Waals surface area contributed by atoms with Crippen molar-refractivity contribution in [1.29, 1.82) is 0 Å². The molecule has 1 heterocycles. The van der Waals surface area contributed by atoms with Crippen LogP contribution in [0.3, 0.4) is 0 Å². The molecule has 6 nitrogen and oxygen atoms in total. The van der Waals surface area contributed by atoms with E-state index >= 15 is 0 Å². The Kier molecular flexibility index (Phi) is 5.50. The third-order valence-corrected chi connectivity index (χ3v) is 3.65. The highest BCUT2D eigenvalue weighted by Gasteiger charge is 2.30. The van der Waals surface area contributed by atoms with Crippen molar-refractivity contribution >= 4 is 29.1 Å². The number of rotatable bonds is 5. The fraction of sp³-hybridized carbons (Fsp3) is 0.286. The molecule has 1 amide bonds. The highest BCUT2D eigenvalue weighted by atomic mass is 32.1. The van der Waals surface area contributed by atoms with Gasteiger partial charge in [0, 0.05) is 5.69 Å². The van der Waals surface area contributed by atoms with E-state index in [0.717, 1.165) is 35.8 Å². The molecule has 1 N–H and O–H groups in total. The maximum Gasteiger partial charge on any atom is 0.416 e. The van der Waals surface area contributed by atoms with Crippen molar-refractivity contribution in [3.8, 4) is 0 Å². The molecule has 10 heteroatoms. The number of hydrogen-bond acceptors (Lipinski definition) is 6. The number of nitrogens with one attached hydrogen (secondary N) is 1. The van der Waals surface area contributed by atoms with Gasteiger partial charge in [0.05, 0.1) is 11.3 Å². The summed E-state index contributed by atoms with van der Waals surface area (Å²) < 4.78 is 45.8. The van der Waals surface area contributed by atoms with Crippen molar-refractivity contribution in [3.63, 3.8) is 0 Å². The summed E-state index contributed by atoms with van der Waals surface area (Å²) in [5, 5.41) is 6.09. The van der Waals surface area contributed by atoms with Gasteiger partial charge in [0.2, 0.25) is 0 Å². The molecule has 0 saturated heterocycles. The molecular formula is C14H12F3N3O3S. The highest BCUT2D eigenvalue weighted by molar-refractivity contribution is 7.07. The van der Waals surface area contributed by atoms with Gasteiger partial charge in [-0.1, -0.05) is 11.4 Å². The zero-order chi connectivity index (χ0) is 17.7. The first kappa shape index (κ1) is 17.9. The van der Waals surface area contributed by atoms with Crippen LogP contribution in [-0.2, 0) is 22.1 Å². The fourth-order valence-electron chi connectivity index (χ4n) is 1.73. The first-order chi connectivity index (χ1) is 11.3. The molecule has 0 aliphatic carbocycles. The van der Waals surface area contributed by atoms with Gasteiger partial charge in [-0.3, -0.25) is 4.79 Å². The Balaban J connectivity index is 1.88. The van der Waals surface area contributed by atoms with Crippen molar-refractivity contribution in [1.82, 2.24) is 9.59 Å². The lowest BCUT2D eigenvalue weighted by Gasteiger charge is -2.09. The molecule has 0 unspecified atom stereocenters. The molecule has 0 radical (unpaired) electrons. The van der Waals surface area contributed by atoms with Gasteiger partial charge in [-0.2, -0.15) is 13.2 Å². The predicted octanol–water partition coefficient (Wildman–Crippen LogP) is 2.91. The average Bonchev–Trinajstić information content (AvgIpc) is 3.01. The van der Waals surface area contributed by atoms with E-state index < -0.39 is 30.2 Å². The maximum atomic E-state index is 12.4. The Hall–Kier alpha value is -2.49. The van der Waals surface area contributed by atoms with E-state index in [-0.39, 0.29) is 10.6 Å². The minimum atomic E-state index is -4.45. The molecule has 1 aromatic carbocycles. The van der Waals surface area contributed by atoms with Crippen molar-refractivity contribution in [2.75, 3.05) is 11.9 Å². The Bertz CT molecular complexity index is 729.